The molecule has 31 heavy (non-hydrogen) atoms. The predicted octanol–water partition coefficient (Wildman–Crippen LogP) is 5.41. The number of thiazole rings is 1. The fourth-order valence-corrected chi connectivity index (χ4v) is 4.65. The Bertz CT molecular complexity index is 1040. The van der Waals surface area contributed by atoms with Gasteiger partial charge in [-0.2, -0.15) is 5.10 Å². The molecule has 8 heteroatoms. The number of rotatable bonds is 8. The van der Waals surface area contributed by atoms with E-state index in [1.165, 1.54) is 11.1 Å². The molecular formula is C23H34ClN5OS. The van der Waals surface area contributed by atoms with E-state index in [2.05, 4.69) is 49.8 Å². The first-order valence-corrected chi connectivity index (χ1v) is 11.6. The second-order valence-electron chi connectivity index (χ2n) is 8.04. The van der Waals surface area contributed by atoms with E-state index < -0.39 is 0 Å². The van der Waals surface area contributed by atoms with Gasteiger partial charge in [-0.15, -0.1) is 12.4 Å². The minimum atomic E-state index is -0.0371. The Morgan fingerprint density at radius 1 is 1.13 bits per heavy atom. The van der Waals surface area contributed by atoms with Crippen molar-refractivity contribution in [2.45, 2.75) is 54.5 Å². The molecule has 0 bridgehead atoms. The molecule has 6 nitrogen and oxygen atoms in total. The Hall–Kier alpha value is -1.96. The number of anilines is 1. The number of likely N-dealkylation sites (N-methyl/N-ethyl adjacent to an activating group) is 1. The van der Waals surface area contributed by atoms with E-state index in [0.29, 0.717) is 12.2 Å². The summed E-state index contributed by atoms with van der Waals surface area (Å²) in [5, 5.41) is 5.30. The van der Waals surface area contributed by atoms with Gasteiger partial charge in [-0.25, -0.2) is 4.98 Å². The normalized spacial score (nSPS) is 11.4. The molecule has 1 amide bonds. The Morgan fingerprint density at radius 3 is 2.42 bits per heavy atom. The van der Waals surface area contributed by atoms with Crippen LogP contribution in [0.2, 0.25) is 0 Å². The van der Waals surface area contributed by atoms with Gasteiger partial charge in [-0.1, -0.05) is 31.3 Å². The maximum Gasteiger partial charge on any atom is 0.278 e. The van der Waals surface area contributed by atoms with E-state index in [4.69, 9.17) is 4.98 Å². The van der Waals surface area contributed by atoms with Crippen molar-refractivity contribution < 1.29 is 4.79 Å². The predicted molar refractivity (Wildman–Crippen MR) is 133 cm³/mol. The van der Waals surface area contributed by atoms with Crippen molar-refractivity contribution in [3.05, 3.63) is 40.7 Å². The van der Waals surface area contributed by atoms with Crippen molar-refractivity contribution in [2.75, 3.05) is 31.1 Å². The Morgan fingerprint density at radius 2 is 1.81 bits per heavy atom. The summed E-state index contributed by atoms with van der Waals surface area (Å²) in [4.78, 5) is 22.8. The van der Waals surface area contributed by atoms with Gasteiger partial charge in [-0.05, 0) is 71.0 Å². The summed E-state index contributed by atoms with van der Waals surface area (Å²) in [6.07, 6.45) is 0. The van der Waals surface area contributed by atoms with Gasteiger partial charge < -0.3 is 4.90 Å². The fraction of sp³-hybridized carbons (Fsp3) is 0.522. The molecular weight excluding hydrogens is 430 g/mol. The number of halogens is 1. The third kappa shape index (κ3) is 5.27. The zero-order chi connectivity index (χ0) is 22.0. The van der Waals surface area contributed by atoms with Crippen molar-refractivity contribution >= 4 is 45.0 Å². The molecule has 170 valence electrons. The summed E-state index contributed by atoms with van der Waals surface area (Å²) in [5.74, 6) is -0.0371. The van der Waals surface area contributed by atoms with Crippen molar-refractivity contribution in [2.24, 2.45) is 0 Å². The Balaban J connectivity index is 0.00000341. The van der Waals surface area contributed by atoms with E-state index >= 15 is 0 Å². The second-order valence-corrected chi connectivity index (χ2v) is 9.05. The van der Waals surface area contributed by atoms with Gasteiger partial charge in [0, 0.05) is 19.1 Å². The third-order valence-corrected chi connectivity index (χ3v) is 6.69. The summed E-state index contributed by atoms with van der Waals surface area (Å²) in [5.41, 5.74) is 4.85. The molecule has 0 saturated heterocycles. The van der Waals surface area contributed by atoms with Crippen LogP contribution >= 0.6 is 23.7 Å². The van der Waals surface area contributed by atoms with Gasteiger partial charge in [0.1, 0.15) is 5.69 Å². The molecule has 0 aliphatic rings. The summed E-state index contributed by atoms with van der Waals surface area (Å²) in [7, 11) is 0. The van der Waals surface area contributed by atoms with Crippen LogP contribution in [0.1, 0.15) is 61.0 Å². The molecule has 0 unspecified atom stereocenters. The highest BCUT2D eigenvalue weighted by atomic mass is 35.5. The minimum absolute atomic E-state index is 0. The van der Waals surface area contributed by atoms with Crippen LogP contribution in [0.5, 0.6) is 0 Å². The van der Waals surface area contributed by atoms with E-state index in [1.807, 2.05) is 36.4 Å². The Kier molecular flexibility index (Phi) is 8.63. The van der Waals surface area contributed by atoms with Crippen LogP contribution in [0, 0.1) is 20.8 Å². The molecule has 0 fully saturated rings. The van der Waals surface area contributed by atoms with Crippen molar-refractivity contribution in [3.8, 4) is 0 Å². The van der Waals surface area contributed by atoms with Gasteiger partial charge in [-0.3, -0.25) is 14.4 Å². The van der Waals surface area contributed by atoms with Crippen LogP contribution in [-0.4, -0.2) is 51.8 Å². The van der Waals surface area contributed by atoms with Crippen molar-refractivity contribution in [3.63, 3.8) is 0 Å². The lowest BCUT2D eigenvalue weighted by atomic mass is 10.1. The number of benzene rings is 1. The molecule has 0 radical (unpaired) electrons. The van der Waals surface area contributed by atoms with Crippen molar-refractivity contribution in [1.82, 2.24) is 19.7 Å². The molecule has 3 rings (SSSR count). The first-order valence-electron chi connectivity index (χ1n) is 10.7. The standard InChI is InChI=1S/C23H33N5OS.ClH/c1-8-26(9-2)12-13-27(22(29)19-14-17(6)25-28(19)15(3)4)23-24-21-18(7)16(5)10-11-20(21)30-23;/h10-11,14-15H,8-9,12-13H2,1-7H3;1H. The number of aromatic nitrogens is 3. The second kappa shape index (κ2) is 10.6. The molecule has 0 atom stereocenters. The highest BCUT2D eigenvalue weighted by Gasteiger charge is 2.26. The molecule has 3 aromatic rings. The van der Waals surface area contributed by atoms with E-state index in [9.17, 15) is 4.79 Å². The number of hydrogen-bond donors (Lipinski definition) is 0. The zero-order valence-electron chi connectivity index (χ0n) is 19.6. The third-order valence-electron chi connectivity index (χ3n) is 5.65. The number of aryl methyl sites for hydroxylation is 3. The maximum atomic E-state index is 13.7. The molecule has 2 aromatic heterocycles. The van der Waals surface area contributed by atoms with Gasteiger partial charge >= 0.3 is 0 Å². The van der Waals surface area contributed by atoms with Gasteiger partial charge in [0.2, 0.25) is 0 Å². The molecule has 0 aliphatic heterocycles. The van der Waals surface area contributed by atoms with Gasteiger partial charge in [0.25, 0.3) is 5.91 Å². The lowest BCUT2D eigenvalue weighted by Crippen LogP contribution is -2.39. The number of carbonyl (C=O) groups excluding carboxylic acids is 1. The lowest BCUT2D eigenvalue weighted by Gasteiger charge is -2.25. The SMILES string of the molecule is CCN(CC)CCN(C(=O)c1cc(C)nn1C(C)C)c1nc2c(C)c(C)ccc2s1.Cl. The fourth-order valence-electron chi connectivity index (χ4n) is 3.60. The van der Waals surface area contributed by atoms with Crippen LogP contribution in [0.15, 0.2) is 18.2 Å². The molecule has 2 heterocycles. The summed E-state index contributed by atoms with van der Waals surface area (Å²) in [6, 6.07) is 6.23. The van der Waals surface area contributed by atoms with E-state index in [1.54, 1.807) is 11.3 Å². The van der Waals surface area contributed by atoms with Crippen LogP contribution in [0.25, 0.3) is 10.2 Å². The molecule has 0 N–H and O–H groups in total. The average Bonchev–Trinajstić information content (AvgIpc) is 3.32. The summed E-state index contributed by atoms with van der Waals surface area (Å²) < 4.78 is 2.94. The summed E-state index contributed by atoms with van der Waals surface area (Å²) in [6.45, 7) is 17.8. The largest absolute Gasteiger partial charge is 0.302 e. The number of carbonyl (C=O) groups is 1. The van der Waals surface area contributed by atoms with Crippen LogP contribution < -0.4 is 4.90 Å². The van der Waals surface area contributed by atoms with Crippen LogP contribution in [0.3, 0.4) is 0 Å². The molecule has 0 spiro atoms. The first kappa shape index (κ1) is 25.3. The first-order chi connectivity index (χ1) is 14.3. The average molecular weight is 464 g/mol. The number of fused-ring (bicyclic) bond motifs is 1. The molecule has 1 aromatic carbocycles. The monoisotopic (exact) mass is 463 g/mol. The minimum Gasteiger partial charge on any atom is -0.302 e. The van der Waals surface area contributed by atoms with Crippen molar-refractivity contribution in [1.29, 1.82) is 0 Å². The molecule has 0 aliphatic carbocycles. The maximum absolute atomic E-state index is 13.7. The topological polar surface area (TPSA) is 54.3 Å². The van der Waals surface area contributed by atoms with Gasteiger partial charge in [0.05, 0.1) is 15.9 Å². The number of amides is 1. The van der Waals surface area contributed by atoms with Crippen LogP contribution in [-0.2, 0) is 0 Å². The van der Waals surface area contributed by atoms with E-state index in [0.717, 1.165) is 40.7 Å². The van der Waals surface area contributed by atoms with Crippen LogP contribution in [0.4, 0.5) is 5.13 Å². The number of nitrogens with zero attached hydrogens (tertiary/aromatic N) is 5. The lowest BCUT2D eigenvalue weighted by molar-refractivity contribution is 0.0971. The quantitative estimate of drug-likeness (QED) is 0.448. The molecule has 0 saturated carbocycles. The highest BCUT2D eigenvalue weighted by molar-refractivity contribution is 7.22. The smallest absolute Gasteiger partial charge is 0.278 e. The summed E-state index contributed by atoms with van der Waals surface area (Å²) >= 11 is 1.58. The highest BCUT2D eigenvalue weighted by Crippen LogP contribution is 2.32. The Labute approximate surface area is 195 Å². The zero-order valence-corrected chi connectivity index (χ0v) is 21.2. The number of hydrogen-bond acceptors (Lipinski definition) is 5. The van der Waals surface area contributed by atoms with E-state index in [-0.39, 0.29) is 24.4 Å². The van der Waals surface area contributed by atoms with Gasteiger partial charge in [0.15, 0.2) is 5.13 Å².